The second-order valence-corrected chi connectivity index (χ2v) is 13.9. The van der Waals surface area contributed by atoms with Crippen molar-refractivity contribution in [2.45, 2.75) is 41.1 Å². The van der Waals surface area contributed by atoms with E-state index in [0.29, 0.717) is 30.4 Å². The molecule has 9 nitrogen and oxygen atoms in total. The standard InChI is InChI=1S/C33H28F4N2O7S/c1-46-26-16-25(34)23(17-7-9-20(10-8-17)32(11-12-32)31(42)43)15-24(26)29(40)39-28-19-6-5-18(13-19)27(28)30(41)38-21-3-2-4-22(14-21)47(44,45)33(35,36)37/h2-10,14-16,18-19,27-28H,11-13H2,1H3,(H,38,41)(H,39,40)(H,42,43)/t18-,19+,27+,28-/m1/s1. The summed E-state index contributed by atoms with van der Waals surface area (Å²) >= 11 is 0. The molecule has 0 radical (unpaired) electrons. The van der Waals surface area contributed by atoms with E-state index in [2.05, 4.69) is 10.6 Å². The Bertz CT molecular complexity index is 1920. The van der Waals surface area contributed by atoms with Crippen LogP contribution in [-0.4, -0.2) is 50.0 Å². The first kappa shape index (κ1) is 32.2. The summed E-state index contributed by atoms with van der Waals surface area (Å²) in [5.74, 6) is -4.37. The minimum atomic E-state index is -5.64. The number of hydrogen-bond donors (Lipinski definition) is 3. The molecule has 3 aromatic rings. The van der Waals surface area contributed by atoms with Gasteiger partial charge in [-0.25, -0.2) is 12.8 Å². The van der Waals surface area contributed by atoms with Gasteiger partial charge >= 0.3 is 11.5 Å². The van der Waals surface area contributed by atoms with Gasteiger partial charge in [-0.05, 0) is 66.5 Å². The zero-order chi connectivity index (χ0) is 33.9. The molecule has 6 rings (SSSR count). The number of alkyl halides is 3. The number of allylic oxidation sites excluding steroid dienone is 1. The molecule has 3 aliphatic rings. The van der Waals surface area contributed by atoms with Crippen molar-refractivity contribution >= 4 is 33.3 Å². The molecular weight excluding hydrogens is 644 g/mol. The highest BCUT2D eigenvalue weighted by Crippen LogP contribution is 2.49. The summed E-state index contributed by atoms with van der Waals surface area (Å²) in [6.07, 6.45) is 5.20. The molecule has 0 heterocycles. The third kappa shape index (κ3) is 5.64. The average Bonchev–Trinajstić information content (AvgIpc) is 3.61. The van der Waals surface area contributed by atoms with Crippen LogP contribution < -0.4 is 15.4 Å². The van der Waals surface area contributed by atoms with Gasteiger partial charge in [-0.15, -0.1) is 0 Å². The average molecular weight is 673 g/mol. The Balaban J connectivity index is 1.24. The molecule has 2 fully saturated rings. The Hall–Kier alpha value is -4.72. The number of benzene rings is 3. The number of ether oxygens (including phenoxy) is 1. The van der Waals surface area contributed by atoms with Gasteiger partial charge in [-0.1, -0.05) is 42.5 Å². The number of nitrogens with one attached hydrogen (secondary N) is 2. The molecule has 246 valence electrons. The number of carboxylic acid groups (broad SMARTS) is 1. The fourth-order valence-electron chi connectivity index (χ4n) is 6.55. The summed E-state index contributed by atoms with van der Waals surface area (Å²) in [5.41, 5.74) is -5.58. The quantitative estimate of drug-likeness (QED) is 0.203. The van der Waals surface area contributed by atoms with Gasteiger partial charge in [-0.3, -0.25) is 14.4 Å². The number of methoxy groups -OCH3 is 1. The third-order valence-corrected chi connectivity index (χ3v) is 10.7. The SMILES string of the molecule is COc1cc(F)c(-c2ccc(C3(C(=O)O)CC3)cc2)cc1C(=O)N[C@H]1[C@@H](C(=O)Nc2cccc(S(=O)(=O)C(F)(F)F)c2)[C@@H]2C=C[C@H]1C2. The fourth-order valence-corrected chi connectivity index (χ4v) is 7.36. The number of fused-ring (bicyclic) bond motifs is 2. The van der Waals surface area contributed by atoms with Crippen LogP contribution in [0.25, 0.3) is 11.1 Å². The van der Waals surface area contributed by atoms with Gasteiger partial charge < -0.3 is 20.5 Å². The van der Waals surface area contributed by atoms with Crippen LogP contribution in [-0.2, 0) is 24.8 Å². The predicted molar refractivity (Wildman–Crippen MR) is 161 cm³/mol. The van der Waals surface area contributed by atoms with E-state index in [4.69, 9.17) is 4.74 Å². The van der Waals surface area contributed by atoms with Crippen LogP contribution in [0.2, 0.25) is 0 Å². The van der Waals surface area contributed by atoms with E-state index in [0.717, 1.165) is 24.3 Å². The number of aliphatic carboxylic acids is 1. The van der Waals surface area contributed by atoms with Crippen LogP contribution in [0.3, 0.4) is 0 Å². The van der Waals surface area contributed by atoms with Crippen LogP contribution in [0.15, 0.2) is 77.7 Å². The van der Waals surface area contributed by atoms with Crippen LogP contribution in [0.4, 0.5) is 23.2 Å². The molecule has 0 saturated heterocycles. The van der Waals surface area contributed by atoms with Crippen molar-refractivity contribution in [1.82, 2.24) is 5.32 Å². The molecule has 3 N–H and O–H groups in total. The molecule has 4 atom stereocenters. The first-order valence-corrected chi connectivity index (χ1v) is 16.1. The number of halogens is 4. The maximum atomic E-state index is 15.2. The summed E-state index contributed by atoms with van der Waals surface area (Å²) in [7, 11) is -4.38. The van der Waals surface area contributed by atoms with E-state index in [-0.39, 0.29) is 34.4 Å². The summed E-state index contributed by atoms with van der Waals surface area (Å²) in [5, 5.41) is 14.9. The number of amides is 2. The lowest BCUT2D eigenvalue weighted by atomic mass is 9.87. The van der Waals surface area contributed by atoms with Crippen molar-refractivity contribution in [2.24, 2.45) is 17.8 Å². The molecule has 0 aromatic heterocycles. The Labute approximate surface area is 266 Å². The van der Waals surface area contributed by atoms with E-state index in [9.17, 15) is 41.1 Å². The number of anilines is 1. The van der Waals surface area contributed by atoms with E-state index in [1.807, 2.05) is 12.2 Å². The zero-order valence-electron chi connectivity index (χ0n) is 24.7. The normalized spacial score (nSPS) is 22.5. The first-order valence-electron chi connectivity index (χ1n) is 14.6. The number of carbonyl (C=O) groups excluding carboxylic acids is 2. The monoisotopic (exact) mass is 672 g/mol. The second-order valence-electron chi connectivity index (χ2n) is 11.9. The summed E-state index contributed by atoms with van der Waals surface area (Å²) in [4.78, 5) is 37.8. The van der Waals surface area contributed by atoms with Crippen LogP contribution in [0.5, 0.6) is 5.75 Å². The predicted octanol–water partition coefficient (Wildman–Crippen LogP) is 5.47. The van der Waals surface area contributed by atoms with Crippen LogP contribution in [0, 0.1) is 23.6 Å². The van der Waals surface area contributed by atoms with Crippen LogP contribution >= 0.6 is 0 Å². The van der Waals surface area contributed by atoms with E-state index < -0.39 is 61.2 Å². The Kier molecular flexibility index (Phi) is 7.89. The minimum Gasteiger partial charge on any atom is -0.496 e. The Morgan fingerprint density at radius 3 is 2.28 bits per heavy atom. The first-order chi connectivity index (χ1) is 22.2. The lowest BCUT2D eigenvalue weighted by Gasteiger charge is -2.28. The molecule has 2 bridgehead atoms. The highest BCUT2D eigenvalue weighted by Gasteiger charge is 2.52. The van der Waals surface area contributed by atoms with Gasteiger partial charge in [0.2, 0.25) is 5.91 Å². The van der Waals surface area contributed by atoms with Crippen molar-refractivity contribution < 1.29 is 50.2 Å². The number of sulfone groups is 1. The molecule has 0 aliphatic heterocycles. The van der Waals surface area contributed by atoms with Gasteiger partial charge in [-0.2, -0.15) is 13.2 Å². The molecule has 3 aromatic carbocycles. The lowest BCUT2D eigenvalue weighted by molar-refractivity contribution is -0.140. The molecular formula is C33H28F4N2O7S. The molecule has 3 aliphatic carbocycles. The molecule has 2 saturated carbocycles. The third-order valence-electron chi connectivity index (χ3n) is 9.22. The molecule has 0 unspecified atom stereocenters. The maximum absolute atomic E-state index is 15.2. The van der Waals surface area contributed by atoms with Crippen LogP contribution in [0.1, 0.15) is 35.2 Å². The molecule has 47 heavy (non-hydrogen) atoms. The van der Waals surface area contributed by atoms with E-state index in [1.54, 1.807) is 24.3 Å². The zero-order valence-corrected chi connectivity index (χ0v) is 25.5. The van der Waals surface area contributed by atoms with Crippen molar-refractivity contribution in [3.8, 4) is 16.9 Å². The van der Waals surface area contributed by atoms with Crippen molar-refractivity contribution in [3.05, 3.63) is 89.8 Å². The summed E-state index contributed by atoms with van der Waals surface area (Å²) in [6.45, 7) is 0. The van der Waals surface area contributed by atoms with Crippen molar-refractivity contribution in [2.75, 3.05) is 12.4 Å². The largest absolute Gasteiger partial charge is 0.501 e. The molecule has 0 spiro atoms. The van der Waals surface area contributed by atoms with Crippen molar-refractivity contribution in [1.29, 1.82) is 0 Å². The minimum absolute atomic E-state index is 0.0202. The fraction of sp³-hybridized carbons (Fsp3) is 0.303. The molecule has 2 amide bonds. The Morgan fingerprint density at radius 1 is 0.979 bits per heavy atom. The van der Waals surface area contributed by atoms with Gasteiger partial charge in [0, 0.05) is 23.4 Å². The lowest BCUT2D eigenvalue weighted by Crippen LogP contribution is -2.47. The number of rotatable bonds is 9. The van der Waals surface area contributed by atoms with Gasteiger partial charge in [0.15, 0.2) is 0 Å². The van der Waals surface area contributed by atoms with E-state index >= 15 is 4.39 Å². The molecule has 14 heteroatoms. The van der Waals surface area contributed by atoms with E-state index in [1.165, 1.54) is 19.2 Å². The summed E-state index contributed by atoms with van der Waals surface area (Å²) < 4.78 is 83.6. The second kappa shape index (κ2) is 11.5. The highest BCUT2D eigenvalue weighted by atomic mass is 32.2. The summed E-state index contributed by atoms with van der Waals surface area (Å²) in [6, 6.07) is 11.9. The smallest absolute Gasteiger partial charge is 0.496 e. The van der Waals surface area contributed by atoms with Gasteiger partial charge in [0.05, 0.1) is 28.9 Å². The van der Waals surface area contributed by atoms with Crippen molar-refractivity contribution in [3.63, 3.8) is 0 Å². The highest BCUT2D eigenvalue weighted by molar-refractivity contribution is 7.92. The number of carbonyl (C=O) groups is 3. The number of hydrogen-bond acceptors (Lipinski definition) is 6. The van der Waals surface area contributed by atoms with Gasteiger partial charge in [0.1, 0.15) is 11.6 Å². The number of carboxylic acids is 1. The maximum Gasteiger partial charge on any atom is 0.501 e. The topological polar surface area (TPSA) is 139 Å². The Morgan fingerprint density at radius 2 is 1.66 bits per heavy atom. The van der Waals surface area contributed by atoms with Gasteiger partial charge in [0.25, 0.3) is 15.7 Å².